The lowest BCUT2D eigenvalue weighted by atomic mass is 10.0. The van der Waals surface area contributed by atoms with Crippen LogP contribution < -0.4 is 5.32 Å². The zero-order valence-corrected chi connectivity index (χ0v) is 16.0. The predicted octanol–water partition coefficient (Wildman–Crippen LogP) is 3.50. The molecule has 27 heavy (non-hydrogen) atoms. The Morgan fingerprint density at radius 2 is 1.81 bits per heavy atom. The second-order valence-corrected chi connectivity index (χ2v) is 7.66. The van der Waals surface area contributed by atoms with Crippen LogP contribution in [0, 0.1) is 0 Å². The number of nitrogens with one attached hydrogen (secondary N) is 1. The number of carbonyl (C=O) groups excluding carboxylic acids is 1. The molecule has 1 amide bonds. The van der Waals surface area contributed by atoms with E-state index in [-0.39, 0.29) is 11.9 Å². The van der Waals surface area contributed by atoms with Gasteiger partial charge in [-0.05, 0) is 60.6 Å². The Balaban J connectivity index is 1.36. The van der Waals surface area contributed by atoms with Crippen LogP contribution in [0.5, 0.6) is 0 Å². The van der Waals surface area contributed by atoms with Crippen molar-refractivity contribution >= 4 is 5.91 Å². The van der Waals surface area contributed by atoms with Crippen LogP contribution in [0.25, 0.3) is 0 Å². The van der Waals surface area contributed by atoms with Crippen molar-refractivity contribution in [1.29, 1.82) is 0 Å². The van der Waals surface area contributed by atoms with Gasteiger partial charge in [0.25, 0.3) is 5.91 Å². The number of hydrogen-bond acceptors (Lipinski definition) is 3. The van der Waals surface area contributed by atoms with E-state index in [1.165, 1.54) is 35.1 Å². The number of nitrogens with zero attached hydrogens (tertiary/aromatic N) is 1. The second-order valence-electron chi connectivity index (χ2n) is 7.66. The lowest BCUT2D eigenvalue weighted by Crippen LogP contribution is -2.35. The summed E-state index contributed by atoms with van der Waals surface area (Å²) in [7, 11) is 0. The van der Waals surface area contributed by atoms with E-state index in [0.29, 0.717) is 5.56 Å². The number of ether oxygens (including phenoxy) is 1. The van der Waals surface area contributed by atoms with Crippen molar-refractivity contribution in [2.24, 2.45) is 0 Å². The zero-order chi connectivity index (χ0) is 18.6. The summed E-state index contributed by atoms with van der Waals surface area (Å²) in [6.45, 7) is 6.53. The molecular formula is C23H28N2O2. The summed E-state index contributed by atoms with van der Waals surface area (Å²) < 4.78 is 5.39. The molecule has 1 heterocycles. The Hall–Kier alpha value is -2.17. The summed E-state index contributed by atoms with van der Waals surface area (Å²) in [6, 6.07) is 14.6. The van der Waals surface area contributed by atoms with Gasteiger partial charge < -0.3 is 10.1 Å². The molecule has 1 N–H and O–H groups in total. The molecule has 142 valence electrons. The first kappa shape index (κ1) is 18.2. The molecule has 0 bridgehead atoms. The predicted molar refractivity (Wildman–Crippen MR) is 107 cm³/mol. The topological polar surface area (TPSA) is 41.6 Å². The van der Waals surface area contributed by atoms with E-state index in [2.05, 4.69) is 47.5 Å². The van der Waals surface area contributed by atoms with Crippen LogP contribution in [0.4, 0.5) is 0 Å². The van der Waals surface area contributed by atoms with E-state index >= 15 is 0 Å². The maximum Gasteiger partial charge on any atom is 0.251 e. The Morgan fingerprint density at radius 3 is 2.59 bits per heavy atom. The summed E-state index contributed by atoms with van der Waals surface area (Å²) in [4.78, 5) is 15.0. The molecule has 1 fully saturated rings. The second kappa shape index (κ2) is 8.24. The highest BCUT2D eigenvalue weighted by Gasteiger charge is 2.16. The molecule has 0 spiro atoms. The lowest BCUT2D eigenvalue weighted by molar-refractivity contribution is 0.0342. The third-order valence-electron chi connectivity index (χ3n) is 5.70. The van der Waals surface area contributed by atoms with E-state index in [4.69, 9.17) is 4.74 Å². The van der Waals surface area contributed by atoms with Crippen LogP contribution in [0.15, 0.2) is 42.5 Å². The minimum absolute atomic E-state index is 0.0106. The van der Waals surface area contributed by atoms with Crippen LogP contribution in [0.3, 0.4) is 0 Å². The molecule has 0 saturated carbocycles. The number of amides is 1. The van der Waals surface area contributed by atoms with E-state index in [9.17, 15) is 4.79 Å². The third kappa shape index (κ3) is 4.40. The maximum absolute atomic E-state index is 12.6. The Labute approximate surface area is 161 Å². The number of carbonyl (C=O) groups is 1. The number of fused-ring (bicyclic) bond motifs is 1. The number of hydrogen-bond donors (Lipinski definition) is 1. The van der Waals surface area contributed by atoms with Crippen LogP contribution in [-0.2, 0) is 24.1 Å². The van der Waals surface area contributed by atoms with Gasteiger partial charge in [0.15, 0.2) is 0 Å². The number of benzene rings is 2. The van der Waals surface area contributed by atoms with Crippen LogP contribution in [-0.4, -0.2) is 37.1 Å². The molecule has 4 heteroatoms. The largest absolute Gasteiger partial charge is 0.379 e. The zero-order valence-electron chi connectivity index (χ0n) is 16.0. The highest BCUT2D eigenvalue weighted by molar-refractivity contribution is 5.94. The maximum atomic E-state index is 12.6. The molecular weight excluding hydrogens is 336 g/mol. The summed E-state index contributed by atoms with van der Waals surface area (Å²) in [6.07, 6.45) is 3.60. The first-order valence-corrected chi connectivity index (χ1v) is 10.0. The Morgan fingerprint density at radius 1 is 1.07 bits per heavy atom. The molecule has 0 radical (unpaired) electrons. The quantitative estimate of drug-likeness (QED) is 0.883. The van der Waals surface area contributed by atoms with Gasteiger partial charge in [-0.15, -0.1) is 0 Å². The fourth-order valence-corrected chi connectivity index (χ4v) is 4.00. The van der Waals surface area contributed by atoms with E-state index in [1.807, 2.05) is 12.1 Å². The van der Waals surface area contributed by atoms with E-state index in [1.54, 1.807) is 0 Å². The fourth-order valence-electron chi connectivity index (χ4n) is 4.00. The summed E-state index contributed by atoms with van der Waals surface area (Å²) >= 11 is 0. The molecule has 1 saturated heterocycles. The van der Waals surface area contributed by atoms with Gasteiger partial charge in [-0.1, -0.05) is 30.3 Å². The van der Waals surface area contributed by atoms with Gasteiger partial charge in [0.1, 0.15) is 0 Å². The Kier molecular flexibility index (Phi) is 5.55. The monoisotopic (exact) mass is 364 g/mol. The van der Waals surface area contributed by atoms with Crippen molar-refractivity contribution in [2.75, 3.05) is 26.3 Å². The van der Waals surface area contributed by atoms with Gasteiger partial charge >= 0.3 is 0 Å². The van der Waals surface area contributed by atoms with Crippen molar-refractivity contribution in [2.45, 2.75) is 38.8 Å². The molecule has 2 aromatic rings. The Bertz CT molecular complexity index is 795. The SMILES string of the molecule is CC(NC(=O)c1ccc(CN2CCOCC2)cc1)c1ccc2c(c1)CCC2. The molecule has 2 aromatic carbocycles. The van der Waals surface area contributed by atoms with E-state index in [0.717, 1.165) is 39.3 Å². The minimum Gasteiger partial charge on any atom is -0.379 e. The molecule has 0 aromatic heterocycles. The van der Waals surface area contributed by atoms with Crippen molar-refractivity contribution in [3.05, 3.63) is 70.3 Å². The highest BCUT2D eigenvalue weighted by atomic mass is 16.5. The summed E-state index contributed by atoms with van der Waals surface area (Å²) in [5.74, 6) is -0.0130. The van der Waals surface area contributed by atoms with Crippen molar-refractivity contribution in [3.63, 3.8) is 0 Å². The van der Waals surface area contributed by atoms with Crippen molar-refractivity contribution in [1.82, 2.24) is 10.2 Å². The molecule has 1 unspecified atom stereocenters. The summed E-state index contributed by atoms with van der Waals surface area (Å²) in [5, 5.41) is 3.14. The van der Waals surface area contributed by atoms with Crippen molar-refractivity contribution < 1.29 is 9.53 Å². The van der Waals surface area contributed by atoms with Gasteiger partial charge in [0.05, 0.1) is 19.3 Å². The molecule has 1 atom stereocenters. The van der Waals surface area contributed by atoms with Gasteiger partial charge in [0.2, 0.25) is 0 Å². The van der Waals surface area contributed by atoms with E-state index < -0.39 is 0 Å². The average Bonchev–Trinajstić information content (AvgIpc) is 3.17. The standard InChI is InChI=1S/C23H28N2O2/c1-17(21-10-9-19-3-2-4-22(19)15-21)24-23(26)20-7-5-18(6-8-20)16-25-11-13-27-14-12-25/h5-10,15,17H,2-4,11-14,16H2,1H3,(H,24,26). The van der Waals surface area contributed by atoms with Crippen LogP contribution >= 0.6 is 0 Å². The number of morpholine rings is 1. The first-order valence-electron chi connectivity index (χ1n) is 10.0. The van der Waals surface area contributed by atoms with Gasteiger partial charge in [-0.25, -0.2) is 0 Å². The molecule has 4 nitrogen and oxygen atoms in total. The van der Waals surface area contributed by atoms with Crippen LogP contribution in [0.1, 0.15) is 52.0 Å². The number of aryl methyl sites for hydroxylation is 2. The number of rotatable bonds is 5. The molecule has 1 aliphatic heterocycles. The summed E-state index contributed by atoms with van der Waals surface area (Å²) in [5.41, 5.74) is 6.05. The average molecular weight is 364 g/mol. The lowest BCUT2D eigenvalue weighted by Gasteiger charge is -2.26. The van der Waals surface area contributed by atoms with Crippen LogP contribution in [0.2, 0.25) is 0 Å². The van der Waals surface area contributed by atoms with Gasteiger partial charge in [-0.2, -0.15) is 0 Å². The highest BCUT2D eigenvalue weighted by Crippen LogP contribution is 2.25. The minimum atomic E-state index is -0.0130. The van der Waals surface area contributed by atoms with Crippen molar-refractivity contribution in [3.8, 4) is 0 Å². The first-order chi connectivity index (χ1) is 13.2. The molecule has 1 aliphatic carbocycles. The third-order valence-corrected chi connectivity index (χ3v) is 5.70. The molecule has 4 rings (SSSR count). The smallest absolute Gasteiger partial charge is 0.251 e. The normalized spacial score (nSPS) is 18.1. The van der Waals surface area contributed by atoms with Gasteiger partial charge in [-0.3, -0.25) is 9.69 Å². The fraction of sp³-hybridized carbons (Fsp3) is 0.435. The molecule has 2 aliphatic rings. The van der Waals surface area contributed by atoms with Gasteiger partial charge in [0, 0.05) is 25.2 Å².